The van der Waals surface area contributed by atoms with Crippen LogP contribution in [0.5, 0.6) is 0 Å². The summed E-state index contributed by atoms with van der Waals surface area (Å²) < 4.78 is 27.6. The molecule has 1 fully saturated rings. The predicted octanol–water partition coefficient (Wildman–Crippen LogP) is -0.887. The molecular weight excluding hydrogens is 218 g/mol. The van der Waals surface area contributed by atoms with Crippen LogP contribution in [0.15, 0.2) is 0 Å². The van der Waals surface area contributed by atoms with Gasteiger partial charge in [0, 0.05) is 13.7 Å². The number of hydrogen-bond donors (Lipinski definition) is 1. The van der Waals surface area contributed by atoms with E-state index in [1.54, 1.807) is 7.11 Å². The Morgan fingerprint density at radius 3 is 2.53 bits per heavy atom. The summed E-state index contributed by atoms with van der Waals surface area (Å²) >= 11 is 0. The number of methoxy groups -OCH3 is 1. The normalized spacial score (nSPS) is 29.9. The van der Waals surface area contributed by atoms with Crippen molar-refractivity contribution in [3.05, 3.63) is 0 Å². The van der Waals surface area contributed by atoms with E-state index in [4.69, 9.17) is 4.74 Å². The number of aliphatic hydroxyl groups is 1. The zero-order chi connectivity index (χ0) is 11.5. The zero-order valence-electron chi connectivity index (χ0n) is 9.22. The molecule has 0 aromatic heterocycles. The van der Waals surface area contributed by atoms with Crippen LogP contribution >= 0.6 is 0 Å². The first kappa shape index (κ1) is 12.9. The molecule has 2 unspecified atom stereocenters. The van der Waals surface area contributed by atoms with Crippen LogP contribution in [0.2, 0.25) is 0 Å². The molecule has 0 amide bonds. The summed E-state index contributed by atoms with van der Waals surface area (Å²) in [6, 6.07) is -0.268. The zero-order valence-corrected chi connectivity index (χ0v) is 10.0. The summed E-state index contributed by atoms with van der Waals surface area (Å²) in [6.45, 7) is 3.88. The summed E-state index contributed by atoms with van der Waals surface area (Å²) in [5.41, 5.74) is 0. The van der Waals surface area contributed by atoms with Gasteiger partial charge in [0.1, 0.15) is 0 Å². The fourth-order valence-corrected chi connectivity index (χ4v) is 3.76. The maximum Gasteiger partial charge on any atom is 0.154 e. The monoisotopic (exact) mass is 237 g/mol. The molecule has 1 saturated heterocycles. The van der Waals surface area contributed by atoms with Gasteiger partial charge in [0.2, 0.25) is 0 Å². The average Bonchev–Trinajstić information content (AvgIpc) is 2.42. The van der Waals surface area contributed by atoms with Crippen LogP contribution in [-0.2, 0) is 14.6 Å². The van der Waals surface area contributed by atoms with E-state index in [1.807, 2.05) is 11.8 Å². The van der Waals surface area contributed by atoms with Gasteiger partial charge in [-0.25, -0.2) is 8.42 Å². The van der Waals surface area contributed by atoms with Crippen LogP contribution in [0.25, 0.3) is 0 Å². The summed E-state index contributed by atoms with van der Waals surface area (Å²) in [5, 5.41) is 9.66. The Morgan fingerprint density at radius 2 is 2.13 bits per heavy atom. The smallest absolute Gasteiger partial charge is 0.154 e. The van der Waals surface area contributed by atoms with Gasteiger partial charge in [0.15, 0.2) is 9.84 Å². The molecule has 90 valence electrons. The quantitative estimate of drug-likeness (QED) is 0.672. The molecule has 1 N–H and O–H groups in total. The molecule has 1 heterocycles. The van der Waals surface area contributed by atoms with E-state index in [0.717, 1.165) is 6.54 Å². The van der Waals surface area contributed by atoms with E-state index >= 15 is 0 Å². The van der Waals surface area contributed by atoms with Crippen molar-refractivity contribution in [1.29, 1.82) is 0 Å². The van der Waals surface area contributed by atoms with Crippen LogP contribution in [-0.4, -0.2) is 68.9 Å². The predicted molar refractivity (Wildman–Crippen MR) is 57.6 cm³/mol. The van der Waals surface area contributed by atoms with Crippen LogP contribution in [0.4, 0.5) is 0 Å². The number of ether oxygens (including phenoxy) is 1. The third-order valence-corrected chi connectivity index (χ3v) is 4.45. The average molecular weight is 237 g/mol. The van der Waals surface area contributed by atoms with E-state index in [9.17, 15) is 13.5 Å². The van der Waals surface area contributed by atoms with E-state index in [0.29, 0.717) is 13.2 Å². The highest BCUT2D eigenvalue weighted by Gasteiger charge is 2.39. The van der Waals surface area contributed by atoms with Crippen LogP contribution in [0.3, 0.4) is 0 Å². The highest BCUT2D eigenvalue weighted by molar-refractivity contribution is 7.91. The molecule has 15 heavy (non-hydrogen) atoms. The molecular formula is C9H19NO4S. The Hall–Kier alpha value is -0.170. The van der Waals surface area contributed by atoms with Crippen LogP contribution < -0.4 is 0 Å². The molecule has 0 aromatic carbocycles. The molecule has 1 rings (SSSR count). The fourth-order valence-electron chi connectivity index (χ4n) is 1.93. The lowest BCUT2D eigenvalue weighted by atomic mass is 10.2. The van der Waals surface area contributed by atoms with Crippen molar-refractivity contribution in [2.75, 3.05) is 38.3 Å². The largest absolute Gasteiger partial charge is 0.390 e. The minimum absolute atomic E-state index is 0.0612. The Kier molecular flexibility index (Phi) is 4.51. The van der Waals surface area contributed by atoms with E-state index in [-0.39, 0.29) is 17.5 Å². The van der Waals surface area contributed by atoms with Crippen molar-refractivity contribution in [1.82, 2.24) is 4.90 Å². The number of nitrogens with zero attached hydrogens (tertiary/aromatic N) is 1. The Labute approximate surface area is 90.9 Å². The van der Waals surface area contributed by atoms with Gasteiger partial charge < -0.3 is 9.84 Å². The molecule has 2 atom stereocenters. The van der Waals surface area contributed by atoms with Crippen LogP contribution in [0, 0.1) is 0 Å². The number of rotatable bonds is 5. The van der Waals surface area contributed by atoms with Gasteiger partial charge in [0.25, 0.3) is 0 Å². The number of likely N-dealkylation sites (N-methyl/N-ethyl adjacent to an activating group) is 1. The third kappa shape index (κ3) is 3.41. The van der Waals surface area contributed by atoms with Crippen molar-refractivity contribution in [3.63, 3.8) is 0 Å². The van der Waals surface area contributed by atoms with Crippen molar-refractivity contribution in [2.45, 2.75) is 19.1 Å². The molecule has 0 aromatic rings. The summed E-state index contributed by atoms with van der Waals surface area (Å²) in [6.07, 6.45) is -0.758. The summed E-state index contributed by atoms with van der Waals surface area (Å²) in [5.74, 6) is -0.0487. The van der Waals surface area contributed by atoms with Crippen molar-refractivity contribution >= 4 is 9.84 Å². The van der Waals surface area contributed by atoms with Gasteiger partial charge in [-0.1, -0.05) is 6.92 Å². The standard InChI is InChI=1S/C9H19NO4S/c1-3-10(4-5-14-2)8-6-15(12,13)7-9(8)11/h8-9,11H,3-7H2,1-2H3. The van der Waals surface area contributed by atoms with Gasteiger partial charge in [-0.2, -0.15) is 0 Å². The van der Waals surface area contributed by atoms with Gasteiger partial charge in [-0.15, -0.1) is 0 Å². The lowest BCUT2D eigenvalue weighted by molar-refractivity contribution is 0.0652. The first-order chi connectivity index (χ1) is 7.00. The minimum atomic E-state index is -3.06. The lowest BCUT2D eigenvalue weighted by Crippen LogP contribution is -2.44. The highest BCUT2D eigenvalue weighted by Crippen LogP contribution is 2.18. The second-order valence-electron chi connectivity index (χ2n) is 3.83. The Morgan fingerprint density at radius 1 is 1.47 bits per heavy atom. The molecule has 0 aliphatic carbocycles. The lowest BCUT2D eigenvalue weighted by Gasteiger charge is -2.28. The molecule has 0 radical (unpaired) electrons. The molecule has 0 bridgehead atoms. The molecule has 5 nitrogen and oxygen atoms in total. The highest BCUT2D eigenvalue weighted by atomic mass is 32.2. The molecule has 1 aliphatic heterocycles. The number of aliphatic hydroxyl groups excluding tert-OH is 1. The summed E-state index contributed by atoms with van der Waals surface area (Å²) in [4.78, 5) is 1.96. The topological polar surface area (TPSA) is 66.8 Å². The van der Waals surface area contributed by atoms with Gasteiger partial charge >= 0.3 is 0 Å². The van der Waals surface area contributed by atoms with Crippen LogP contribution in [0.1, 0.15) is 6.92 Å². The molecule has 0 saturated carbocycles. The first-order valence-electron chi connectivity index (χ1n) is 5.11. The van der Waals surface area contributed by atoms with Gasteiger partial charge in [-0.05, 0) is 6.54 Å². The van der Waals surface area contributed by atoms with Crippen molar-refractivity contribution in [2.24, 2.45) is 0 Å². The van der Waals surface area contributed by atoms with Gasteiger partial charge in [0.05, 0.1) is 30.3 Å². The Balaban J connectivity index is 2.61. The third-order valence-electron chi connectivity index (χ3n) is 2.75. The van der Waals surface area contributed by atoms with E-state index in [1.165, 1.54) is 0 Å². The Bertz CT molecular complexity index is 290. The summed E-state index contributed by atoms with van der Waals surface area (Å²) in [7, 11) is -1.45. The molecule has 1 aliphatic rings. The van der Waals surface area contributed by atoms with Crippen molar-refractivity contribution < 1.29 is 18.3 Å². The second-order valence-corrected chi connectivity index (χ2v) is 5.99. The SMILES string of the molecule is CCN(CCOC)C1CS(=O)(=O)CC1O. The molecule has 0 spiro atoms. The van der Waals surface area contributed by atoms with E-state index < -0.39 is 15.9 Å². The maximum atomic E-state index is 11.3. The van der Waals surface area contributed by atoms with Crippen molar-refractivity contribution in [3.8, 4) is 0 Å². The van der Waals surface area contributed by atoms with Gasteiger partial charge in [-0.3, -0.25) is 4.90 Å². The first-order valence-corrected chi connectivity index (χ1v) is 6.93. The number of sulfone groups is 1. The minimum Gasteiger partial charge on any atom is -0.390 e. The second kappa shape index (κ2) is 5.25. The fraction of sp³-hybridized carbons (Fsp3) is 1.00. The maximum absolute atomic E-state index is 11.3. The number of hydrogen-bond acceptors (Lipinski definition) is 5. The molecule has 6 heteroatoms. The van der Waals surface area contributed by atoms with E-state index in [2.05, 4.69) is 0 Å².